The highest BCUT2D eigenvalue weighted by Gasteiger charge is 2.24. The molecule has 4 heteroatoms. The van der Waals surface area contributed by atoms with Crippen molar-refractivity contribution < 1.29 is 14.3 Å². The Labute approximate surface area is 112 Å². The summed E-state index contributed by atoms with van der Waals surface area (Å²) in [5.41, 5.74) is 0.680. The molecule has 1 fully saturated rings. The topological polar surface area (TPSA) is 40.5 Å². The van der Waals surface area contributed by atoms with Gasteiger partial charge in [-0.3, -0.25) is 4.79 Å². The van der Waals surface area contributed by atoms with Crippen molar-refractivity contribution in [3.8, 4) is 0 Å². The van der Waals surface area contributed by atoms with Crippen molar-refractivity contribution in [3.63, 3.8) is 0 Å². The molecule has 1 heterocycles. The number of hydrogen-bond donors (Lipinski definition) is 1. The molecule has 0 aromatic heterocycles. The molecule has 1 saturated heterocycles. The molecule has 102 valence electrons. The van der Waals surface area contributed by atoms with Gasteiger partial charge in [-0.1, -0.05) is 12.1 Å². The highest BCUT2D eigenvalue weighted by molar-refractivity contribution is 5.91. The lowest BCUT2D eigenvalue weighted by molar-refractivity contribution is -0.125. The van der Waals surface area contributed by atoms with Crippen molar-refractivity contribution >= 4 is 12.0 Å². The molecule has 0 spiro atoms. The number of nitrogens with zero attached hydrogens (tertiary/aromatic N) is 1. The first-order valence-electron chi connectivity index (χ1n) is 6.52. The van der Waals surface area contributed by atoms with Crippen LogP contribution in [-0.2, 0) is 4.79 Å². The molecule has 1 aliphatic rings. The third-order valence-electron chi connectivity index (χ3n) is 3.40. The predicted octanol–water partition coefficient (Wildman–Crippen LogP) is 2.07. The summed E-state index contributed by atoms with van der Waals surface area (Å²) in [6.07, 6.45) is 4.80. The Kier molecular flexibility index (Phi) is 4.68. The Bertz CT molecular complexity index is 473. The number of rotatable bonds is 4. The molecule has 0 aliphatic carbocycles. The van der Waals surface area contributed by atoms with Crippen LogP contribution in [0.2, 0.25) is 0 Å². The van der Waals surface area contributed by atoms with E-state index in [4.69, 9.17) is 5.11 Å². The van der Waals surface area contributed by atoms with Crippen LogP contribution in [0.5, 0.6) is 0 Å². The van der Waals surface area contributed by atoms with Gasteiger partial charge in [0.2, 0.25) is 5.91 Å². The molecule has 0 radical (unpaired) electrons. The van der Waals surface area contributed by atoms with Crippen LogP contribution in [0.25, 0.3) is 6.08 Å². The first kappa shape index (κ1) is 13.7. The van der Waals surface area contributed by atoms with E-state index in [1.165, 1.54) is 18.2 Å². The van der Waals surface area contributed by atoms with E-state index in [0.29, 0.717) is 18.0 Å². The molecule has 1 aromatic carbocycles. The molecule has 1 unspecified atom stereocenters. The van der Waals surface area contributed by atoms with Gasteiger partial charge >= 0.3 is 0 Å². The summed E-state index contributed by atoms with van der Waals surface area (Å²) in [7, 11) is 0. The SMILES string of the molecule is O=C(/C=C/c1cccc(F)c1)N1CCC(CCO)C1. The Hall–Kier alpha value is -1.68. The monoisotopic (exact) mass is 263 g/mol. The minimum absolute atomic E-state index is 0.0512. The van der Waals surface area contributed by atoms with Gasteiger partial charge in [0, 0.05) is 25.8 Å². The zero-order valence-corrected chi connectivity index (χ0v) is 10.8. The van der Waals surface area contributed by atoms with Crippen LogP contribution in [0.1, 0.15) is 18.4 Å². The normalized spacial score (nSPS) is 19.3. The van der Waals surface area contributed by atoms with Crippen molar-refractivity contribution in [2.24, 2.45) is 5.92 Å². The summed E-state index contributed by atoms with van der Waals surface area (Å²) >= 11 is 0. The summed E-state index contributed by atoms with van der Waals surface area (Å²) in [5.74, 6) is 0.0417. The van der Waals surface area contributed by atoms with Crippen molar-refractivity contribution in [3.05, 3.63) is 41.7 Å². The van der Waals surface area contributed by atoms with Gasteiger partial charge in [0.15, 0.2) is 0 Å². The zero-order chi connectivity index (χ0) is 13.7. The fraction of sp³-hybridized carbons (Fsp3) is 0.400. The van der Waals surface area contributed by atoms with Crippen LogP contribution in [-0.4, -0.2) is 35.6 Å². The first-order chi connectivity index (χ1) is 9.19. The minimum atomic E-state index is -0.307. The van der Waals surface area contributed by atoms with E-state index < -0.39 is 0 Å². The molecule has 1 N–H and O–H groups in total. The molecule has 0 bridgehead atoms. The van der Waals surface area contributed by atoms with Gasteiger partial charge in [-0.05, 0) is 42.5 Å². The van der Waals surface area contributed by atoms with E-state index in [9.17, 15) is 9.18 Å². The molecule has 2 rings (SSSR count). The number of benzene rings is 1. The fourth-order valence-electron chi connectivity index (χ4n) is 2.33. The number of carbonyl (C=O) groups is 1. The van der Waals surface area contributed by atoms with Crippen LogP contribution in [0.15, 0.2) is 30.3 Å². The van der Waals surface area contributed by atoms with Gasteiger partial charge in [-0.25, -0.2) is 4.39 Å². The average Bonchev–Trinajstić information content (AvgIpc) is 2.85. The van der Waals surface area contributed by atoms with E-state index in [0.717, 1.165) is 19.4 Å². The van der Waals surface area contributed by atoms with Crippen LogP contribution < -0.4 is 0 Å². The second-order valence-corrected chi connectivity index (χ2v) is 4.84. The van der Waals surface area contributed by atoms with Gasteiger partial charge in [0.05, 0.1) is 0 Å². The molecule has 19 heavy (non-hydrogen) atoms. The zero-order valence-electron chi connectivity index (χ0n) is 10.8. The summed E-state index contributed by atoms with van der Waals surface area (Å²) in [5, 5.41) is 8.88. The van der Waals surface area contributed by atoms with Gasteiger partial charge in [-0.15, -0.1) is 0 Å². The lowest BCUT2D eigenvalue weighted by Gasteiger charge is -2.13. The molecule has 3 nitrogen and oxygen atoms in total. The van der Waals surface area contributed by atoms with Gasteiger partial charge in [-0.2, -0.15) is 0 Å². The molecule has 1 aliphatic heterocycles. The third-order valence-corrected chi connectivity index (χ3v) is 3.40. The first-order valence-corrected chi connectivity index (χ1v) is 6.52. The Balaban J connectivity index is 1.91. The van der Waals surface area contributed by atoms with Crippen molar-refractivity contribution in [1.82, 2.24) is 4.90 Å². The minimum Gasteiger partial charge on any atom is -0.396 e. The number of likely N-dealkylation sites (tertiary alicyclic amines) is 1. The highest BCUT2D eigenvalue weighted by atomic mass is 19.1. The molecule has 1 aromatic rings. The standard InChI is InChI=1S/C15H18FNO2/c16-14-3-1-2-12(10-14)4-5-15(19)17-8-6-13(11-17)7-9-18/h1-5,10,13,18H,6-9,11H2/b5-4+. The van der Waals surface area contributed by atoms with Crippen LogP contribution >= 0.6 is 0 Å². The number of halogens is 1. The second-order valence-electron chi connectivity index (χ2n) is 4.84. The summed E-state index contributed by atoms with van der Waals surface area (Å²) in [4.78, 5) is 13.7. The van der Waals surface area contributed by atoms with Crippen LogP contribution in [0, 0.1) is 11.7 Å². The van der Waals surface area contributed by atoms with E-state index in [2.05, 4.69) is 0 Å². The van der Waals surface area contributed by atoms with E-state index in [1.807, 2.05) is 0 Å². The molecule has 1 atom stereocenters. The van der Waals surface area contributed by atoms with Crippen LogP contribution in [0.3, 0.4) is 0 Å². The predicted molar refractivity (Wildman–Crippen MR) is 71.8 cm³/mol. The maximum atomic E-state index is 13.0. The van der Waals surface area contributed by atoms with Crippen molar-refractivity contribution in [2.75, 3.05) is 19.7 Å². The van der Waals surface area contributed by atoms with Gasteiger partial charge in [0.1, 0.15) is 5.82 Å². The molecular formula is C15H18FNO2. The third kappa shape index (κ3) is 3.89. The molecule has 0 saturated carbocycles. The molecule has 1 amide bonds. The largest absolute Gasteiger partial charge is 0.396 e. The lowest BCUT2D eigenvalue weighted by Crippen LogP contribution is -2.26. The Morgan fingerprint density at radius 1 is 1.53 bits per heavy atom. The smallest absolute Gasteiger partial charge is 0.246 e. The summed E-state index contributed by atoms with van der Waals surface area (Å²) in [6.45, 7) is 1.61. The van der Waals surface area contributed by atoms with Crippen LogP contribution in [0.4, 0.5) is 4.39 Å². The number of hydrogen-bond acceptors (Lipinski definition) is 2. The Morgan fingerprint density at radius 2 is 2.37 bits per heavy atom. The number of aliphatic hydroxyl groups is 1. The number of carbonyl (C=O) groups excluding carboxylic acids is 1. The lowest BCUT2D eigenvalue weighted by atomic mass is 10.1. The Morgan fingerprint density at radius 3 is 3.11 bits per heavy atom. The van der Waals surface area contributed by atoms with Crippen molar-refractivity contribution in [2.45, 2.75) is 12.8 Å². The maximum Gasteiger partial charge on any atom is 0.246 e. The highest BCUT2D eigenvalue weighted by Crippen LogP contribution is 2.19. The van der Waals surface area contributed by atoms with E-state index in [1.54, 1.807) is 23.1 Å². The average molecular weight is 263 g/mol. The maximum absolute atomic E-state index is 13.0. The summed E-state index contributed by atoms with van der Waals surface area (Å²) in [6, 6.07) is 6.14. The number of aliphatic hydroxyl groups excluding tert-OH is 1. The second kappa shape index (κ2) is 6.48. The van der Waals surface area contributed by atoms with E-state index >= 15 is 0 Å². The van der Waals surface area contributed by atoms with Crippen molar-refractivity contribution in [1.29, 1.82) is 0 Å². The molecular weight excluding hydrogens is 245 g/mol. The summed E-state index contributed by atoms with van der Waals surface area (Å²) < 4.78 is 13.0. The number of amides is 1. The fourth-order valence-corrected chi connectivity index (χ4v) is 2.33. The van der Waals surface area contributed by atoms with E-state index in [-0.39, 0.29) is 18.3 Å². The quantitative estimate of drug-likeness (QED) is 0.845. The van der Waals surface area contributed by atoms with Gasteiger partial charge in [0.25, 0.3) is 0 Å². The van der Waals surface area contributed by atoms with Gasteiger partial charge < -0.3 is 10.0 Å².